The second-order valence-corrected chi connectivity index (χ2v) is 9.94. The number of rotatable bonds is 4. The average molecular weight is 481 g/mol. The van der Waals surface area contributed by atoms with Crippen molar-refractivity contribution in [1.82, 2.24) is 19.8 Å². The molecule has 172 valence electrons. The molecule has 5 rings (SSSR count). The lowest BCUT2D eigenvalue weighted by molar-refractivity contribution is 0.197. The fourth-order valence-electron chi connectivity index (χ4n) is 5.58. The number of pyridine rings is 1. The number of phenolic OH excluding ortho intramolecular Hbond substituents is 1. The molecule has 7 heteroatoms. The number of nitrogens with one attached hydrogen (secondary N) is 1. The summed E-state index contributed by atoms with van der Waals surface area (Å²) in [6.45, 7) is 4.18. The van der Waals surface area contributed by atoms with Gasteiger partial charge in [0.25, 0.3) is 0 Å². The third-order valence-corrected chi connectivity index (χ3v) is 7.63. The van der Waals surface area contributed by atoms with Crippen LogP contribution in [0.2, 0.25) is 5.02 Å². The number of aromatic nitrogens is 2. The summed E-state index contributed by atoms with van der Waals surface area (Å²) in [5.74, 6) is 0.207. The first-order chi connectivity index (χ1) is 16.0. The highest BCUT2D eigenvalue weighted by Crippen LogP contribution is 2.45. The minimum absolute atomic E-state index is 0.0248. The molecule has 1 aromatic carbocycles. The number of hydrogen-bond acceptors (Lipinski definition) is 3. The maximum Gasteiger partial charge on any atom is 0.170 e. The van der Waals surface area contributed by atoms with Gasteiger partial charge in [-0.3, -0.25) is 4.98 Å². The quantitative estimate of drug-likeness (QED) is 0.438. The van der Waals surface area contributed by atoms with E-state index in [0.29, 0.717) is 16.8 Å². The molecule has 1 saturated heterocycles. The summed E-state index contributed by atoms with van der Waals surface area (Å²) in [5, 5.41) is 15.6. The van der Waals surface area contributed by atoms with Crippen LogP contribution < -0.4 is 5.32 Å². The standard InChI is InChI=1S/C26H29ClN4OS/c1-16-14-20(17(2)30(16)22-15-18(27)11-12-23(22)32)25-24(21-10-6-7-13-28-21)29-26(33)31(25)19-8-4-3-5-9-19/h6-7,10-15,19,24-25,32H,3-5,8-9H2,1-2H3,(H,29,33)/t24-,25-/m0/s1. The van der Waals surface area contributed by atoms with Crippen LogP contribution in [-0.4, -0.2) is 30.7 Å². The van der Waals surface area contributed by atoms with Gasteiger partial charge in [-0.25, -0.2) is 0 Å². The Morgan fingerprint density at radius 2 is 1.88 bits per heavy atom. The van der Waals surface area contributed by atoms with E-state index in [9.17, 15) is 5.11 Å². The lowest BCUT2D eigenvalue weighted by atomic mass is 9.90. The number of thiocarbonyl (C=S) groups is 1. The van der Waals surface area contributed by atoms with Gasteiger partial charge in [0.2, 0.25) is 0 Å². The number of benzene rings is 1. The maximum atomic E-state index is 10.6. The van der Waals surface area contributed by atoms with Crippen molar-refractivity contribution in [2.45, 2.75) is 64.1 Å². The molecule has 3 aromatic rings. The topological polar surface area (TPSA) is 53.3 Å². The Labute approximate surface area is 205 Å². The molecule has 2 atom stereocenters. The first kappa shape index (κ1) is 22.2. The van der Waals surface area contributed by atoms with Crippen molar-refractivity contribution in [3.05, 3.63) is 76.3 Å². The fraction of sp³-hybridized carbons (Fsp3) is 0.385. The van der Waals surface area contributed by atoms with E-state index in [2.05, 4.69) is 45.7 Å². The van der Waals surface area contributed by atoms with Crippen molar-refractivity contribution < 1.29 is 5.11 Å². The molecule has 2 N–H and O–H groups in total. The highest BCUT2D eigenvalue weighted by Gasteiger charge is 2.44. The van der Waals surface area contributed by atoms with E-state index in [1.165, 1.54) is 24.8 Å². The summed E-state index contributed by atoms with van der Waals surface area (Å²) >= 11 is 12.2. The molecule has 1 aliphatic heterocycles. The molecule has 2 aromatic heterocycles. The monoisotopic (exact) mass is 480 g/mol. The van der Waals surface area contributed by atoms with Gasteiger partial charge >= 0.3 is 0 Å². The van der Waals surface area contributed by atoms with Crippen LogP contribution in [0.5, 0.6) is 5.75 Å². The van der Waals surface area contributed by atoms with Crippen molar-refractivity contribution in [2.24, 2.45) is 0 Å². The van der Waals surface area contributed by atoms with E-state index in [1.54, 1.807) is 12.1 Å². The molecule has 2 fully saturated rings. The Hall–Kier alpha value is -2.57. The largest absolute Gasteiger partial charge is 0.506 e. The predicted molar refractivity (Wildman–Crippen MR) is 136 cm³/mol. The molecule has 2 aliphatic rings. The summed E-state index contributed by atoms with van der Waals surface area (Å²) in [7, 11) is 0. The zero-order valence-corrected chi connectivity index (χ0v) is 20.5. The molecule has 33 heavy (non-hydrogen) atoms. The van der Waals surface area contributed by atoms with E-state index >= 15 is 0 Å². The summed E-state index contributed by atoms with van der Waals surface area (Å²) in [5.41, 5.74) is 4.99. The lowest BCUT2D eigenvalue weighted by Crippen LogP contribution is -2.40. The molecule has 3 heterocycles. The highest BCUT2D eigenvalue weighted by atomic mass is 35.5. The van der Waals surface area contributed by atoms with Gasteiger partial charge in [0.15, 0.2) is 5.11 Å². The van der Waals surface area contributed by atoms with Crippen LogP contribution in [0.1, 0.15) is 66.8 Å². The summed E-state index contributed by atoms with van der Waals surface area (Å²) in [6.07, 6.45) is 7.91. The molecule has 1 saturated carbocycles. The van der Waals surface area contributed by atoms with Crippen molar-refractivity contribution in [1.29, 1.82) is 0 Å². The summed E-state index contributed by atoms with van der Waals surface area (Å²) in [6, 6.07) is 13.8. The number of halogens is 1. The molecule has 5 nitrogen and oxygen atoms in total. The Bertz CT molecular complexity index is 1170. The second-order valence-electron chi connectivity index (χ2n) is 9.12. The van der Waals surface area contributed by atoms with Crippen molar-refractivity contribution >= 4 is 28.9 Å². The number of aromatic hydroxyl groups is 1. The SMILES string of the molecule is Cc1cc([C@H]2[C@H](c3ccccn3)NC(=S)N2C2CCCCC2)c(C)n1-c1cc(Cl)ccc1O. The molecule has 1 aliphatic carbocycles. The van der Waals surface area contributed by atoms with E-state index in [-0.39, 0.29) is 17.8 Å². The third kappa shape index (κ3) is 4.00. The fourth-order valence-corrected chi connectivity index (χ4v) is 6.14. The normalized spacial score (nSPS) is 21.4. The van der Waals surface area contributed by atoms with Gasteiger partial charge in [0.05, 0.1) is 23.5 Å². The van der Waals surface area contributed by atoms with E-state index in [0.717, 1.165) is 35.0 Å². The molecule has 0 radical (unpaired) electrons. The molecular formula is C26H29ClN4OS. The van der Waals surface area contributed by atoms with E-state index < -0.39 is 0 Å². The number of aryl methyl sites for hydroxylation is 1. The van der Waals surface area contributed by atoms with Crippen molar-refractivity contribution in [3.8, 4) is 11.4 Å². The van der Waals surface area contributed by atoms with E-state index in [1.807, 2.05) is 24.4 Å². The first-order valence-electron chi connectivity index (χ1n) is 11.6. The predicted octanol–water partition coefficient (Wildman–Crippen LogP) is 6.15. The van der Waals surface area contributed by atoms with Crippen molar-refractivity contribution in [3.63, 3.8) is 0 Å². The van der Waals surface area contributed by atoms with Crippen LogP contribution in [0.25, 0.3) is 5.69 Å². The van der Waals surface area contributed by atoms with Crippen LogP contribution >= 0.6 is 23.8 Å². The number of phenols is 1. The molecule has 0 bridgehead atoms. The van der Waals surface area contributed by atoms with Crippen LogP contribution in [-0.2, 0) is 0 Å². The third-order valence-electron chi connectivity index (χ3n) is 7.07. The average Bonchev–Trinajstić information content (AvgIpc) is 3.32. The Kier molecular flexibility index (Phi) is 6.06. The Morgan fingerprint density at radius 3 is 2.61 bits per heavy atom. The Balaban J connectivity index is 1.65. The summed E-state index contributed by atoms with van der Waals surface area (Å²) in [4.78, 5) is 7.11. The molecule has 0 amide bonds. The van der Waals surface area contributed by atoms with Crippen molar-refractivity contribution in [2.75, 3.05) is 0 Å². The minimum atomic E-state index is -0.0393. The highest BCUT2D eigenvalue weighted by molar-refractivity contribution is 7.80. The van der Waals surface area contributed by atoms with Gasteiger partial charge in [0.1, 0.15) is 5.75 Å². The smallest absolute Gasteiger partial charge is 0.170 e. The minimum Gasteiger partial charge on any atom is -0.506 e. The van der Waals surface area contributed by atoms with E-state index in [4.69, 9.17) is 23.8 Å². The van der Waals surface area contributed by atoms with Crippen LogP contribution in [0.3, 0.4) is 0 Å². The zero-order chi connectivity index (χ0) is 23.1. The second kappa shape index (κ2) is 8.99. The number of nitrogens with zero attached hydrogens (tertiary/aromatic N) is 3. The maximum absolute atomic E-state index is 10.6. The lowest BCUT2D eigenvalue weighted by Gasteiger charge is -2.37. The first-order valence-corrected chi connectivity index (χ1v) is 12.4. The van der Waals surface area contributed by atoms with Crippen LogP contribution in [0.4, 0.5) is 0 Å². The molecular weight excluding hydrogens is 452 g/mol. The van der Waals surface area contributed by atoms with Gasteiger partial charge < -0.3 is 19.9 Å². The molecule has 0 unspecified atom stereocenters. The van der Waals surface area contributed by atoms with Gasteiger partial charge in [-0.05, 0) is 80.9 Å². The van der Waals surface area contributed by atoms with Gasteiger partial charge in [-0.1, -0.05) is 36.9 Å². The van der Waals surface area contributed by atoms with Crippen LogP contribution in [0, 0.1) is 13.8 Å². The van der Waals surface area contributed by atoms with Gasteiger partial charge in [-0.2, -0.15) is 0 Å². The van der Waals surface area contributed by atoms with Gasteiger partial charge in [0, 0.05) is 28.6 Å². The molecule has 0 spiro atoms. The van der Waals surface area contributed by atoms with Crippen LogP contribution in [0.15, 0.2) is 48.7 Å². The number of hydrogen-bond donors (Lipinski definition) is 2. The van der Waals surface area contributed by atoms with Gasteiger partial charge in [-0.15, -0.1) is 0 Å². The summed E-state index contributed by atoms with van der Waals surface area (Å²) < 4.78 is 2.09. The zero-order valence-electron chi connectivity index (χ0n) is 19.0. The Morgan fingerprint density at radius 1 is 1.09 bits per heavy atom.